The fourth-order valence-corrected chi connectivity index (χ4v) is 2.53. The predicted molar refractivity (Wildman–Crippen MR) is 82.8 cm³/mol. The van der Waals surface area contributed by atoms with Gasteiger partial charge in [0.1, 0.15) is 23.9 Å². The highest BCUT2D eigenvalue weighted by atomic mass is 16.5. The fourth-order valence-electron chi connectivity index (χ4n) is 2.53. The molecule has 2 rings (SSSR count). The van der Waals surface area contributed by atoms with Gasteiger partial charge in [0.15, 0.2) is 0 Å². The Balaban J connectivity index is 2.32. The van der Waals surface area contributed by atoms with E-state index in [4.69, 9.17) is 19.6 Å². The van der Waals surface area contributed by atoms with Gasteiger partial charge in [-0.2, -0.15) is 0 Å². The first kappa shape index (κ1) is 15.6. The maximum atomic E-state index is 6.47. The molecule has 4 nitrogen and oxygen atoms in total. The van der Waals surface area contributed by atoms with Crippen molar-refractivity contribution in [3.63, 3.8) is 0 Å². The van der Waals surface area contributed by atoms with Crippen molar-refractivity contribution in [2.45, 2.75) is 26.8 Å². The molecule has 4 heteroatoms. The van der Waals surface area contributed by atoms with E-state index in [2.05, 4.69) is 0 Å². The number of ether oxygens (including phenoxy) is 2. The average Bonchev–Trinajstić information content (AvgIpc) is 2.72. The lowest BCUT2D eigenvalue weighted by molar-refractivity contribution is 0.145. The van der Waals surface area contributed by atoms with E-state index < -0.39 is 0 Å². The molecule has 1 atom stereocenters. The molecule has 0 aliphatic carbocycles. The monoisotopic (exact) mass is 289 g/mol. The van der Waals surface area contributed by atoms with E-state index in [0.29, 0.717) is 13.2 Å². The lowest BCUT2D eigenvalue weighted by atomic mass is 9.95. The molecule has 1 unspecified atom stereocenters. The maximum absolute atomic E-state index is 6.47. The number of hydrogen-bond donors (Lipinski definition) is 1. The molecule has 0 amide bonds. The van der Waals surface area contributed by atoms with Crippen LogP contribution in [0.25, 0.3) is 0 Å². The predicted octanol–water partition coefficient (Wildman–Crippen LogP) is 3.28. The molecule has 0 fully saturated rings. The van der Waals surface area contributed by atoms with E-state index in [9.17, 15) is 0 Å². The van der Waals surface area contributed by atoms with Gasteiger partial charge in [-0.05, 0) is 32.4 Å². The Kier molecular flexibility index (Phi) is 5.04. The third kappa shape index (κ3) is 3.28. The van der Waals surface area contributed by atoms with Gasteiger partial charge in [-0.1, -0.05) is 18.2 Å². The summed E-state index contributed by atoms with van der Waals surface area (Å²) in [6.45, 7) is 6.99. The molecule has 2 aromatic rings. The van der Waals surface area contributed by atoms with Crippen molar-refractivity contribution < 1.29 is 13.9 Å². The van der Waals surface area contributed by atoms with Gasteiger partial charge in [0.05, 0.1) is 12.6 Å². The first-order valence-electron chi connectivity index (χ1n) is 7.09. The smallest absolute Gasteiger partial charge is 0.124 e. The first-order chi connectivity index (χ1) is 10.1. The molecule has 0 bridgehead atoms. The second-order valence-electron chi connectivity index (χ2n) is 5.11. The van der Waals surface area contributed by atoms with Crippen molar-refractivity contribution in [1.29, 1.82) is 0 Å². The van der Waals surface area contributed by atoms with Crippen LogP contribution in [0, 0.1) is 20.8 Å². The Labute approximate surface area is 125 Å². The van der Waals surface area contributed by atoms with Crippen molar-refractivity contribution in [2.24, 2.45) is 5.73 Å². The van der Waals surface area contributed by atoms with Gasteiger partial charge >= 0.3 is 0 Å². The fraction of sp³-hybridized carbons (Fsp3) is 0.412. The van der Waals surface area contributed by atoms with Crippen LogP contribution in [0.3, 0.4) is 0 Å². The van der Waals surface area contributed by atoms with E-state index in [0.717, 1.165) is 34.0 Å². The minimum Gasteiger partial charge on any atom is -0.491 e. The van der Waals surface area contributed by atoms with Crippen molar-refractivity contribution in [2.75, 3.05) is 20.3 Å². The summed E-state index contributed by atoms with van der Waals surface area (Å²) >= 11 is 0. The highest BCUT2D eigenvalue weighted by Crippen LogP contribution is 2.33. The first-order valence-corrected chi connectivity index (χ1v) is 7.09. The molecule has 21 heavy (non-hydrogen) atoms. The molecule has 1 aromatic carbocycles. The normalized spacial score (nSPS) is 12.4. The minimum atomic E-state index is -0.263. The van der Waals surface area contributed by atoms with Crippen LogP contribution in [0.1, 0.15) is 34.3 Å². The molecule has 1 aromatic heterocycles. The van der Waals surface area contributed by atoms with Crippen molar-refractivity contribution in [3.05, 3.63) is 52.5 Å². The Hall–Kier alpha value is -1.78. The SMILES string of the molecule is COCCOc1ccccc1C(N)c1c(C)oc(C)c1C. The number of nitrogens with two attached hydrogens (primary N) is 1. The topological polar surface area (TPSA) is 57.6 Å². The second-order valence-corrected chi connectivity index (χ2v) is 5.11. The summed E-state index contributed by atoms with van der Waals surface area (Å²) in [5, 5.41) is 0. The summed E-state index contributed by atoms with van der Waals surface area (Å²) < 4.78 is 16.5. The highest BCUT2D eigenvalue weighted by molar-refractivity contribution is 5.45. The summed E-state index contributed by atoms with van der Waals surface area (Å²) in [7, 11) is 1.65. The average molecular weight is 289 g/mol. The summed E-state index contributed by atoms with van der Waals surface area (Å²) in [4.78, 5) is 0. The Bertz CT molecular complexity index is 604. The van der Waals surface area contributed by atoms with Gasteiger partial charge in [0.25, 0.3) is 0 Å². The largest absolute Gasteiger partial charge is 0.491 e. The molecule has 1 heterocycles. The molecule has 2 N–H and O–H groups in total. The van der Waals surface area contributed by atoms with Crippen LogP contribution >= 0.6 is 0 Å². The van der Waals surface area contributed by atoms with Crippen LogP contribution in [0.5, 0.6) is 5.75 Å². The van der Waals surface area contributed by atoms with E-state index >= 15 is 0 Å². The Morgan fingerprint density at radius 1 is 1.10 bits per heavy atom. The van der Waals surface area contributed by atoms with E-state index in [1.54, 1.807) is 7.11 Å². The molecule has 0 aliphatic heterocycles. The zero-order valence-electron chi connectivity index (χ0n) is 13.1. The molecule has 0 saturated heterocycles. The molecule has 0 spiro atoms. The molecular weight excluding hydrogens is 266 g/mol. The van der Waals surface area contributed by atoms with Gasteiger partial charge < -0.3 is 19.6 Å². The van der Waals surface area contributed by atoms with Crippen molar-refractivity contribution in [3.8, 4) is 5.75 Å². The van der Waals surface area contributed by atoms with Crippen LogP contribution < -0.4 is 10.5 Å². The molecule has 0 aliphatic rings. The van der Waals surface area contributed by atoms with Crippen LogP contribution in [-0.4, -0.2) is 20.3 Å². The summed E-state index contributed by atoms with van der Waals surface area (Å²) in [6, 6.07) is 7.58. The van der Waals surface area contributed by atoms with Gasteiger partial charge in [0.2, 0.25) is 0 Å². The lowest BCUT2D eigenvalue weighted by Crippen LogP contribution is -2.16. The van der Waals surface area contributed by atoms with Crippen LogP contribution in [0.15, 0.2) is 28.7 Å². The number of methoxy groups -OCH3 is 1. The summed E-state index contributed by atoms with van der Waals surface area (Å²) in [6.07, 6.45) is 0. The number of furan rings is 1. The minimum absolute atomic E-state index is 0.263. The highest BCUT2D eigenvalue weighted by Gasteiger charge is 2.21. The number of rotatable bonds is 6. The number of para-hydroxylation sites is 1. The molecule has 114 valence electrons. The van der Waals surface area contributed by atoms with Crippen LogP contribution in [0.4, 0.5) is 0 Å². The summed E-state index contributed by atoms with van der Waals surface area (Å²) in [5.74, 6) is 2.57. The third-order valence-corrected chi connectivity index (χ3v) is 3.73. The zero-order valence-corrected chi connectivity index (χ0v) is 13.1. The van der Waals surface area contributed by atoms with Gasteiger partial charge in [-0.25, -0.2) is 0 Å². The van der Waals surface area contributed by atoms with Crippen LogP contribution in [0.2, 0.25) is 0 Å². The Morgan fingerprint density at radius 2 is 1.81 bits per heavy atom. The van der Waals surface area contributed by atoms with E-state index in [-0.39, 0.29) is 6.04 Å². The number of hydrogen-bond acceptors (Lipinski definition) is 4. The molecule has 0 radical (unpaired) electrons. The molecule has 0 saturated carbocycles. The summed E-state index contributed by atoms with van der Waals surface area (Å²) in [5.41, 5.74) is 9.56. The van der Waals surface area contributed by atoms with Gasteiger partial charge in [-0.15, -0.1) is 0 Å². The van der Waals surface area contributed by atoms with E-state index in [1.165, 1.54) is 0 Å². The van der Waals surface area contributed by atoms with Gasteiger partial charge in [-0.3, -0.25) is 0 Å². The number of aryl methyl sites for hydroxylation is 2. The quantitative estimate of drug-likeness (QED) is 0.829. The Morgan fingerprint density at radius 3 is 2.43 bits per heavy atom. The van der Waals surface area contributed by atoms with Crippen molar-refractivity contribution >= 4 is 0 Å². The lowest BCUT2D eigenvalue weighted by Gasteiger charge is -2.17. The molecular formula is C17H23NO3. The third-order valence-electron chi connectivity index (χ3n) is 3.73. The maximum Gasteiger partial charge on any atom is 0.124 e. The standard InChI is InChI=1S/C17H23NO3/c1-11-12(2)21-13(3)16(11)17(18)14-7-5-6-8-15(14)20-10-9-19-4/h5-8,17H,9-10,18H2,1-4H3. The van der Waals surface area contributed by atoms with Crippen LogP contribution in [-0.2, 0) is 4.74 Å². The van der Waals surface area contributed by atoms with Crippen molar-refractivity contribution in [1.82, 2.24) is 0 Å². The van der Waals surface area contributed by atoms with E-state index in [1.807, 2.05) is 45.0 Å². The second kappa shape index (κ2) is 6.78. The van der Waals surface area contributed by atoms with Gasteiger partial charge in [0, 0.05) is 18.2 Å². The number of benzene rings is 1. The zero-order chi connectivity index (χ0) is 15.4.